The molecule has 5 heteroatoms. The molecule has 0 aromatic rings. The molecular weight excluding hydrogens is 190 g/mol. The normalized spacial score (nSPS) is 38.1. The number of aliphatic carboxylic acids is 1. The highest BCUT2D eigenvalue weighted by atomic mass is 32.2. The van der Waals surface area contributed by atoms with Crippen LogP contribution >= 0.6 is 11.8 Å². The quantitative estimate of drug-likeness (QED) is 0.623. The molecule has 0 saturated carbocycles. The smallest absolute Gasteiger partial charge is 0.326 e. The van der Waals surface area contributed by atoms with Crippen LogP contribution in [-0.4, -0.2) is 39.1 Å². The van der Waals surface area contributed by atoms with Crippen molar-refractivity contribution in [3.05, 3.63) is 0 Å². The summed E-state index contributed by atoms with van der Waals surface area (Å²) in [5, 5.41) is 8.97. The first-order chi connectivity index (χ1) is 6.13. The number of hydrogen-bond donors (Lipinski definition) is 1. The Morgan fingerprint density at radius 3 is 3.00 bits per heavy atom. The second-order valence-corrected chi connectivity index (χ2v) is 4.66. The van der Waals surface area contributed by atoms with Crippen molar-refractivity contribution in [1.29, 1.82) is 0 Å². The van der Waals surface area contributed by atoms with Crippen LogP contribution in [-0.2, 0) is 9.59 Å². The van der Waals surface area contributed by atoms with E-state index in [1.807, 2.05) is 6.92 Å². The van der Waals surface area contributed by atoms with E-state index in [4.69, 9.17) is 5.11 Å². The fourth-order valence-corrected chi connectivity index (χ4v) is 3.30. The van der Waals surface area contributed by atoms with E-state index in [-0.39, 0.29) is 17.2 Å². The van der Waals surface area contributed by atoms with E-state index in [2.05, 4.69) is 0 Å². The van der Waals surface area contributed by atoms with Crippen molar-refractivity contribution in [2.45, 2.75) is 24.8 Å². The molecule has 4 nitrogen and oxygen atoms in total. The maximum atomic E-state index is 11.4. The molecule has 0 aromatic heterocycles. The van der Waals surface area contributed by atoms with Gasteiger partial charge in [-0.05, 0) is 12.2 Å². The van der Waals surface area contributed by atoms with E-state index in [1.54, 1.807) is 11.8 Å². The number of thioether (sulfide) groups is 1. The zero-order valence-corrected chi connectivity index (χ0v) is 8.08. The highest BCUT2D eigenvalue weighted by Gasteiger charge is 2.51. The third-order valence-corrected chi connectivity index (χ3v) is 4.09. The zero-order chi connectivity index (χ0) is 9.59. The molecule has 0 aliphatic carbocycles. The molecule has 13 heavy (non-hydrogen) atoms. The third-order valence-electron chi connectivity index (χ3n) is 2.65. The Morgan fingerprint density at radius 2 is 2.38 bits per heavy atom. The Morgan fingerprint density at radius 1 is 1.69 bits per heavy atom. The minimum atomic E-state index is -0.870. The molecule has 2 saturated heterocycles. The number of hydrogen-bond acceptors (Lipinski definition) is 3. The summed E-state index contributed by atoms with van der Waals surface area (Å²) in [5.41, 5.74) is 0. The molecule has 0 spiro atoms. The van der Waals surface area contributed by atoms with Gasteiger partial charge in [0.1, 0.15) is 6.04 Å². The van der Waals surface area contributed by atoms with E-state index in [1.165, 1.54) is 4.90 Å². The summed E-state index contributed by atoms with van der Waals surface area (Å²) >= 11 is 1.69. The van der Waals surface area contributed by atoms with E-state index in [0.717, 1.165) is 5.75 Å². The number of carboxylic acid groups (broad SMARTS) is 1. The summed E-state index contributed by atoms with van der Waals surface area (Å²) in [6, 6.07) is -0.574. The summed E-state index contributed by atoms with van der Waals surface area (Å²) in [6.07, 6.45) is 0.578. The van der Waals surface area contributed by atoms with Gasteiger partial charge in [0.15, 0.2) is 0 Å². The van der Waals surface area contributed by atoms with Crippen LogP contribution in [0, 0.1) is 5.92 Å². The van der Waals surface area contributed by atoms with E-state index >= 15 is 0 Å². The fraction of sp³-hybridized carbons (Fsp3) is 0.750. The molecular formula is C8H11NO3S. The lowest BCUT2D eigenvalue weighted by Gasteiger charge is -2.51. The number of β-lactam (4-membered cyclic amide) rings is 1. The third kappa shape index (κ3) is 1.14. The average Bonchev–Trinajstić information content (AvgIpc) is 2.15. The standard InChI is InChI=1S/C8H11NO3S/c1-4-6(10)9-5(8(11)12)2-3-13-7(4)9/h4-5,7H,2-3H2,1H3,(H,11,12)/t4?,5?,7-/m0/s1. The van der Waals surface area contributed by atoms with Crippen molar-refractivity contribution < 1.29 is 14.7 Å². The van der Waals surface area contributed by atoms with Crippen molar-refractivity contribution in [3.63, 3.8) is 0 Å². The Balaban J connectivity index is 2.16. The van der Waals surface area contributed by atoms with Crippen molar-refractivity contribution in [2.24, 2.45) is 5.92 Å². The topological polar surface area (TPSA) is 57.6 Å². The Labute approximate surface area is 80.3 Å². The fourth-order valence-electron chi connectivity index (χ4n) is 1.88. The monoisotopic (exact) mass is 201 g/mol. The van der Waals surface area contributed by atoms with Gasteiger partial charge in [-0.15, -0.1) is 11.8 Å². The molecule has 0 aromatic carbocycles. The zero-order valence-electron chi connectivity index (χ0n) is 7.27. The van der Waals surface area contributed by atoms with Crippen molar-refractivity contribution in [3.8, 4) is 0 Å². The lowest BCUT2D eigenvalue weighted by atomic mass is 9.96. The average molecular weight is 201 g/mol. The van der Waals surface area contributed by atoms with Gasteiger partial charge in [0.2, 0.25) is 5.91 Å². The number of carbonyl (C=O) groups is 2. The lowest BCUT2D eigenvalue weighted by Crippen LogP contribution is -2.65. The maximum absolute atomic E-state index is 11.4. The number of amides is 1. The van der Waals surface area contributed by atoms with Crippen molar-refractivity contribution in [1.82, 2.24) is 4.90 Å². The molecule has 2 heterocycles. The van der Waals surface area contributed by atoms with Crippen LogP contribution in [0.15, 0.2) is 0 Å². The van der Waals surface area contributed by atoms with Crippen LogP contribution in [0.3, 0.4) is 0 Å². The van der Waals surface area contributed by atoms with Crippen LogP contribution in [0.25, 0.3) is 0 Å². The second-order valence-electron chi connectivity index (χ2n) is 3.44. The lowest BCUT2D eigenvalue weighted by molar-refractivity contribution is -0.164. The first kappa shape index (κ1) is 8.87. The van der Waals surface area contributed by atoms with Crippen molar-refractivity contribution in [2.75, 3.05) is 5.75 Å². The molecule has 2 aliphatic rings. The van der Waals surface area contributed by atoms with Crippen LogP contribution in [0.1, 0.15) is 13.3 Å². The summed E-state index contributed by atoms with van der Waals surface area (Å²) in [7, 11) is 0. The number of fused-ring (bicyclic) bond motifs is 1. The molecule has 3 atom stereocenters. The van der Waals surface area contributed by atoms with E-state index in [9.17, 15) is 9.59 Å². The predicted octanol–water partition coefficient (Wildman–Crippen LogP) is 0.381. The molecule has 0 radical (unpaired) electrons. The Hall–Kier alpha value is -0.710. The van der Waals surface area contributed by atoms with Crippen LogP contribution < -0.4 is 0 Å². The van der Waals surface area contributed by atoms with Gasteiger partial charge in [0.05, 0.1) is 11.3 Å². The number of nitrogens with zero attached hydrogens (tertiary/aromatic N) is 1. The highest BCUT2D eigenvalue weighted by Crippen LogP contribution is 2.41. The van der Waals surface area contributed by atoms with Gasteiger partial charge in [-0.25, -0.2) is 4.79 Å². The Kier molecular flexibility index (Phi) is 1.98. The summed E-state index contributed by atoms with van der Waals surface area (Å²) < 4.78 is 0. The SMILES string of the molecule is CC1C(=O)N2C(C(=O)O)CCS[C@@H]12. The number of carbonyl (C=O) groups excluding carboxylic acids is 1. The van der Waals surface area contributed by atoms with Gasteiger partial charge in [0, 0.05) is 0 Å². The largest absolute Gasteiger partial charge is 0.480 e. The van der Waals surface area contributed by atoms with Crippen LogP contribution in [0.4, 0.5) is 0 Å². The molecule has 0 bridgehead atoms. The van der Waals surface area contributed by atoms with Gasteiger partial charge in [-0.3, -0.25) is 4.79 Å². The molecule has 1 amide bonds. The highest BCUT2D eigenvalue weighted by molar-refractivity contribution is 8.00. The summed E-state index contributed by atoms with van der Waals surface area (Å²) in [6.45, 7) is 1.86. The van der Waals surface area contributed by atoms with Crippen molar-refractivity contribution >= 4 is 23.6 Å². The van der Waals surface area contributed by atoms with Gasteiger partial charge in [0.25, 0.3) is 0 Å². The van der Waals surface area contributed by atoms with E-state index < -0.39 is 12.0 Å². The minimum Gasteiger partial charge on any atom is -0.480 e. The predicted molar refractivity (Wildman–Crippen MR) is 48.3 cm³/mol. The second kappa shape index (κ2) is 2.90. The molecule has 72 valence electrons. The molecule has 2 unspecified atom stereocenters. The molecule has 1 N–H and O–H groups in total. The maximum Gasteiger partial charge on any atom is 0.326 e. The molecule has 2 rings (SSSR count). The van der Waals surface area contributed by atoms with Gasteiger partial charge in [-0.1, -0.05) is 6.92 Å². The summed E-state index contributed by atoms with van der Waals surface area (Å²) in [5.74, 6) is -0.0299. The van der Waals surface area contributed by atoms with Crippen LogP contribution in [0.5, 0.6) is 0 Å². The number of carboxylic acids is 1. The van der Waals surface area contributed by atoms with Gasteiger partial charge < -0.3 is 10.0 Å². The van der Waals surface area contributed by atoms with Gasteiger partial charge in [-0.2, -0.15) is 0 Å². The summed E-state index contributed by atoms with van der Waals surface area (Å²) in [4.78, 5) is 23.7. The first-order valence-electron chi connectivity index (χ1n) is 4.29. The molecule has 2 aliphatic heterocycles. The van der Waals surface area contributed by atoms with Gasteiger partial charge >= 0.3 is 5.97 Å². The first-order valence-corrected chi connectivity index (χ1v) is 5.34. The minimum absolute atomic E-state index is 0.00662. The van der Waals surface area contributed by atoms with E-state index in [0.29, 0.717) is 6.42 Å². The van der Waals surface area contributed by atoms with Crippen LogP contribution in [0.2, 0.25) is 0 Å². The number of rotatable bonds is 1. The Bertz CT molecular complexity index is 268. The molecule has 2 fully saturated rings.